The van der Waals surface area contributed by atoms with Gasteiger partial charge in [-0.15, -0.1) is 0 Å². The molecule has 0 radical (unpaired) electrons. The van der Waals surface area contributed by atoms with Crippen LogP contribution in [-0.2, 0) is 0 Å². The van der Waals surface area contributed by atoms with Crippen molar-refractivity contribution in [1.82, 2.24) is 15.1 Å². The van der Waals surface area contributed by atoms with Gasteiger partial charge in [0, 0.05) is 12.5 Å². The molecule has 5 rings (SSSR count). The van der Waals surface area contributed by atoms with Crippen LogP contribution in [0.15, 0.2) is 91.1 Å². The number of aromatic nitrogens is 2. The second kappa shape index (κ2) is 10.1. The maximum absolute atomic E-state index is 13.4. The summed E-state index contributed by atoms with van der Waals surface area (Å²) in [7, 11) is 1.66. The Morgan fingerprint density at radius 2 is 1.69 bits per heavy atom. The number of hydrogen-bond acceptors (Lipinski definition) is 4. The molecular formula is C29H30N4O2. The van der Waals surface area contributed by atoms with Gasteiger partial charge < -0.3 is 15.4 Å². The maximum Gasteiger partial charge on any atom is 0.256 e. The molecule has 2 heterocycles. The largest absolute Gasteiger partial charge is 0.497 e. The minimum absolute atomic E-state index is 0.0152. The molecule has 3 aromatic carbocycles. The number of benzene rings is 3. The number of ether oxygens (including phenoxy) is 1. The van der Waals surface area contributed by atoms with E-state index in [0.717, 1.165) is 29.1 Å². The van der Waals surface area contributed by atoms with Gasteiger partial charge in [0.2, 0.25) is 0 Å². The van der Waals surface area contributed by atoms with Crippen LogP contribution in [-0.4, -0.2) is 29.3 Å². The predicted molar refractivity (Wildman–Crippen MR) is 138 cm³/mol. The molecule has 1 aliphatic rings. The zero-order valence-corrected chi connectivity index (χ0v) is 20.0. The van der Waals surface area contributed by atoms with Crippen LogP contribution in [0.25, 0.3) is 0 Å². The summed E-state index contributed by atoms with van der Waals surface area (Å²) in [5, 5.41) is 11.3. The number of carbonyl (C=O) groups is 1. The third kappa shape index (κ3) is 4.78. The fraction of sp³-hybridized carbons (Fsp3) is 0.241. The second-order valence-corrected chi connectivity index (χ2v) is 8.99. The Balaban J connectivity index is 1.36. The Morgan fingerprint density at radius 1 is 1.03 bits per heavy atom. The van der Waals surface area contributed by atoms with E-state index in [9.17, 15) is 4.79 Å². The molecule has 0 saturated carbocycles. The Morgan fingerprint density at radius 3 is 2.37 bits per heavy atom. The first-order valence-electron chi connectivity index (χ1n) is 12.0. The van der Waals surface area contributed by atoms with Crippen molar-refractivity contribution in [3.63, 3.8) is 0 Å². The van der Waals surface area contributed by atoms with E-state index in [1.165, 1.54) is 5.56 Å². The van der Waals surface area contributed by atoms with Crippen molar-refractivity contribution in [3.05, 3.63) is 113 Å². The molecule has 178 valence electrons. The molecule has 0 fully saturated rings. The van der Waals surface area contributed by atoms with E-state index in [-0.39, 0.29) is 23.9 Å². The van der Waals surface area contributed by atoms with Gasteiger partial charge in [0.15, 0.2) is 0 Å². The summed E-state index contributed by atoms with van der Waals surface area (Å²) in [6.07, 6.45) is 2.58. The summed E-state index contributed by atoms with van der Waals surface area (Å²) in [5.41, 5.74) is 4.04. The third-order valence-corrected chi connectivity index (χ3v) is 6.73. The second-order valence-electron chi connectivity index (χ2n) is 8.99. The van der Waals surface area contributed by atoms with Gasteiger partial charge in [0.1, 0.15) is 17.1 Å². The van der Waals surface area contributed by atoms with Crippen LogP contribution in [0.5, 0.6) is 5.75 Å². The third-order valence-electron chi connectivity index (χ3n) is 6.73. The summed E-state index contributed by atoms with van der Waals surface area (Å²) < 4.78 is 7.24. The van der Waals surface area contributed by atoms with Crippen LogP contribution < -0.4 is 15.4 Å². The number of methoxy groups -OCH3 is 1. The van der Waals surface area contributed by atoms with E-state index in [1.807, 2.05) is 53.2 Å². The number of rotatable bonds is 7. The Hall–Kier alpha value is -4.06. The lowest BCUT2D eigenvalue weighted by Crippen LogP contribution is -2.31. The van der Waals surface area contributed by atoms with E-state index in [0.29, 0.717) is 12.1 Å². The zero-order chi connectivity index (χ0) is 24.2. The van der Waals surface area contributed by atoms with Gasteiger partial charge in [0.25, 0.3) is 5.91 Å². The van der Waals surface area contributed by atoms with Gasteiger partial charge in [-0.25, -0.2) is 4.68 Å². The number of fused-ring (bicyclic) bond motifs is 1. The van der Waals surface area contributed by atoms with Crippen molar-refractivity contribution in [2.24, 2.45) is 0 Å². The smallest absolute Gasteiger partial charge is 0.256 e. The fourth-order valence-electron chi connectivity index (χ4n) is 4.82. The minimum atomic E-state index is -0.130. The summed E-state index contributed by atoms with van der Waals surface area (Å²) in [5.74, 6) is 1.47. The SMILES string of the molecule is COc1ccc(C(CNC(=O)c2cnn3c2NC(c2ccccc2)CC3C)c2ccccc2)cc1. The monoisotopic (exact) mass is 466 g/mol. The fourth-order valence-corrected chi connectivity index (χ4v) is 4.82. The highest BCUT2D eigenvalue weighted by molar-refractivity contribution is 5.99. The molecule has 0 aliphatic carbocycles. The molecule has 3 atom stereocenters. The number of amides is 1. The van der Waals surface area contributed by atoms with Gasteiger partial charge in [-0.2, -0.15) is 5.10 Å². The van der Waals surface area contributed by atoms with Crippen molar-refractivity contribution in [1.29, 1.82) is 0 Å². The van der Waals surface area contributed by atoms with E-state index in [4.69, 9.17) is 4.74 Å². The highest BCUT2D eigenvalue weighted by atomic mass is 16.5. The molecule has 1 aromatic heterocycles. The molecule has 0 saturated heterocycles. The first kappa shape index (κ1) is 22.7. The molecule has 4 aromatic rings. The van der Waals surface area contributed by atoms with Crippen molar-refractivity contribution >= 4 is 11.7 Å². The summed E-state index contributed by atoms with van der Waals surface area (Å²) >= 11 is 0. The van der Waals surface area contributed by atoms with E-state index in [1.54, 1.807) is 13.3 Å². The molecule has 0 bridgehead atoms. The number of carbonyl (C=O) groups excluding carboxylic acids is 1. The number of anilines is 1. The Bertz CT molecular complexity index is 1270. The van der Waals surface area contributed by atoms with Gasteiger partial charge in [-0.1, -0.05) is 72.8 Å². The molecule has 35 heavy (non-hydrogen) atoms. The molecular weight excluding hydrogens is 436 g/mol. The Kier molecular flexibility index (Phi) is 6.53. The summed E-state index contributed by atoms with van der Waals surface area (Å²) in [6.45, 7) is 2.61. The van der Waals surface area contributed by atoms with Gasteiger partial charge in [-0.3, -0.25) is 4.79 Å². The van der Waals surface area contributed by atoms with Crippen LogP contribution in [0.1, 0.15) is 58.4 Å². The van der Waals surface area contributed by atoms with E-state index >= 15 is 0 Å². The highest BCUT2D eigenvalue weighted by Crippen LogP contribution is 2.36. The first-order chi connectivity index (χ1) is 17.1. The highest BCUT2D eigenvalue weighted by Gasteiger charge is 2.29. The van der Waals surface area contributed by atoms with Crippen molar-refractivity contribution < 1.29 is 9.53 Å². The van der Waals surface area contributed by atoms with Crippen molar-refractivity contribution in [2.75, 3.05) is 19.0 Å². The standard InChI is InChI=1S/C29H30N4O2/c1-20-17-27(23-11-7-4-8-12-23)32-28-26(19-31-33(20)28)29(34)30-18-25(21-9-5-3-6-10-21)22-13-15-24(35-2)16-14-22/h3-16,19-20,25,27,32H,17-18H2,1-2H3,(H,30,34). The molecule has 6 nitrogen and oxygen atoms in total. The van der Waals surface area contributed by atoms with Crippen LogP contribution in [0.2, 0.25) is 0 Å². The first-order valence-corrected chi connectivity index (χ1v) is 12.0. The Labute approximate surface area is 205 Å². The lowest BCUT2D eigenvalue weighted by atomic mass is 9.91. The lowest BCUT2D eigenvalue weighted by molar-refractivity contribution is 0.0953. The maximum atomic E-state index is 13.4. The number of nitrogens with one attached hydrogen (secondary N) is 2. The minimum Gasteiger partial charge on any atom is -0.497 e. The number of nitrogens with zero attached hydrogens (tertiary/aromatic N) is 2. The normalized spacial score (nSPS) is 17.7. The predicted octanol–water partition coefficient (Wildman–Crippen LogP) is 5.57. The van der Waals surface area contributed by atoms with Crippen molar-refractivity contribution in [2.45, 2.75) is 31.3 Å². The molecule has 1 amide bonds. The van der Waals surface area contributed by atoms with Gasteiger partial charge in [0.05, 0.1) is 25.4 Å². The molecule has 6 heteroatoms. The summed E-state index contributed by atoms with van der Waals surface area (Å²) in [6, 6.07) is 28.9. The number of hydrogen-bond donors (Lipinski definition) is 2. The topological polar surface area (TPSA) is 68.2 Å². The molecule has 3 unspecified atom stereocenters. The average molecular weight is 467 g/mol. The quantitative estimate of drug-likeness (QED) is 0.374. The van der Waals surface area contributed by atoms with Crippen LogP contribution in [0.4, 0.5) is 5.82 Å². The average Bonchev–Trinajstić information content (AvgIpc) is 3.35. The molecule has 0 spiro atoms. The zero-order valence-electron chi connectivity index (χ0n) is 20.0. The van der Waals surface area contributed by atoms with E-state index in [2.05, 4.69) is 59.1 Å². The van der Waals surface area contributed by atoms with Gasteiger partial charge in [-0.05, 0) is 42.2 Å². The van der Waals surface area contributed by atoms with Crippen LogP contribution in [0.3, 0.4) is 0 Å². The lowest BCUT2D eigenvalue weighted by Gasteiger charge is -2.31. The molecule has 2 N–H and O–H groups in total. The summed E-state index contributed by atoms with van der Waals surface area (Å²) in [4.78, 5) is 13.4. The molecule has 1 aliphatic heterocycles. The van der Waals surface area contributed by atoms with Crippen LogP contribution in [0, 0.1) is 0 Å². The van der Waals surface area contributed by atoms with Gasteiger partial charge >= 0.3 is 0 Å². The van der Waals surface area contributed by atoms with Crippen LogP contribution >= 0.6 is 0 Å². The van der Waals surface area contributed by atoms with Crippen molar-refractivity contribution in [3.8, 4) is 5.75 Å². The van der Waals surface area contributed by atoms with E-state index < -0.39 is 0 Å².